The first-order chi connectivity index (χ1) is 16.7. The molecule has 0 spiro atoms. The number of para-hydroxylation sites is 3. The summed E-state index contributed by atoms with van der Waals surface area (Å²) in [5.74, 6) is 0.463. The van der Waals surface area contributed by atoms with Crippen LogP contribution >= 0.6 is 0 Å². The largest absolute Gasteiger partial charge is 0.464 e. The van der Waals surface area contributed by atoms with Crippen LogP contribution in [0.15, 0.2) is 78.9 Å². The Balaban J connectivity index is 1.20. The molecule has 0 atom stereocenters. The van der Waals surface area contributed by atoms with E-state index in [2.05, 4.69) is 45.1 Å². The molecule has 0 aliphatic carbocycles. The van der Waals surface area contributed by atoms with Crippen molar-refractivity contribution in [3.05, 3.63) is 84.4 Å². The van der Waals surface area contributed by atoms with Crippen molar-refractivity contribution in [3.8, 4) is 11.7 Å². The van der Waals surface area contributed by atoms with Gasteiger partial charge in [0.2, 0.25) is 5.91 Å². The summed E-state index contributed by atoms with van der Waals surface area (Å²) in [7, 11) is 0. The van der Waals surface area contributed by atoms with Crippen molar-refractivity contribution in [2.75, 3.05) is 25.0 Å². The highest BCUT2D eigenvalue weighted by Crippen LogP contribution is 2.27. The molecule has 1 N–H and O–H groups in total. The fourth-order valence-corrected chi connectivity index (χ4v) is 4.64. The molecule has 0 radical (unpaired) electrons. The van der Waals surface area contributed by atoms with E-state index in [4.69, 9.17) is 9.72 Å². The van der Waals surface area contributed by atoms with Crippen molar-refractivity contribution in [3.63, 3.8) is 0 Å². The van der Waals surface area contributed by atoms with Crippen molar-refractivity contribution in [1.82, 2.24) is 14.5 Å². The zero-order valence-electron chi connectivity index (χ0n) is 19.5. The highest BCUT2D eigenvalue weighted by atomic mass is 16.5. The number of benzene rings is 3. The number of ether oxygens (including phenoxy) is 1. The number of piperidine rings is 1. The predicted molar refractivity (Wildman–Crippen MR) is 135 cm³/mol. The topological polar surface area (TPSA) is 59.4 Å². The zero-order chi connectivity index (χ0) is 23.3. The molecule has 6 nitrogen and oxygen atoms in total. The fourth-order valence-electron chi connectivity index (χ4n) is 4.64. The van der Waals surface area contributed by atoms with Gasteiger partial charge in [-0.1, -0.05) is 42.5 Å². The van der Waals surface area contributed by atoms with Crippen molar-refractivity contribution in [2.45, 2.75) is 26.3 Å². The molecule has 1 amide bonds. The van der Waals surface area contributed by atoms with Crippen LogP contribution in [0.4, 0.5) is 5.69 Å². The first-order valence-electron chi connectivity index (χ1n) is 11.9. The molecule has 6 heteroatoms. The number of nitrogens with zero attached hydrogens (tertiary/aromatic N) is 3. The van der Waals surface area contributed by atoms with Crippen LogP contribution in [0.5, 0.6) is 6.01 Å². The summed E-state index contributed by atoms with van der Waals surface area (Å²) in [5, 5.41) is 2.87. The Morgan fingerprint density at radius 3 is 2.56 bits per heavy atom. The molecule has 3 aromatic carbocycles. The van der Waals surface area contributed by atoms with E-state index in [0.29, 0.717) is 18.5 Å². The first kappa shape index (κ1) is 22.2. The molecule has 0 saturated carbocycles. The quantitative estimate of drug-likeness (QED) is 0.413. The number of imidazole rings is 1. The minimum absolute atomic E-state index is 0.0428. The number of nitrogens with one attached hydrogen (secondary N) is 1. The lowest BCUT2D eigenvalue weighted by molar-refractivity contribution is -0.114. The van der Waals surface area contributed by atoms with Crippen molar-refractivity contribution < 1.29 is 9.53 Å². The Morgan fingerprint density at radius 1 is 1.00 bits per heavy atom. The lowest BCUT2D eigenvalue weighted by atomic mass is 9.97. The second-order valence-corrected chi connectivity index (χ2v) is 8.97. The molecule has 1 saturated heterocycles. The maximum atomic E-state index is 11.3. The van der Waals surface area contributed by atoms with Crippen LogP contribution in [0.25, 0.3) is 16.7 Å². The smallest absolute Gasteiger partial charge is 0.302 e. The van der Waals surface area contributed by atoms with Crippen LogP contribution in [0.2, 0.25) is 0 Å². The molecule has 1 aliphatic rings. The number of fused-ring (bicyclic) bond motifs is 1. The van der Waals surface area contributed by atoms with Gasteiger partial charge in [0.15, 0.2) is 0 Å². The van der Waals surface area contributed by atoms with Gasteiger partial charge in [0.25, 0.3) is 0 Å². The summed E-state index contributed by atoms with van der Waals surface area (Å²) >= 11 is 0. The summed E-state index contributed by atoms with van der Waals surface area (Å²) in [6.45, 7) is 5.17. The van der Waals surface area contributed by atoms with E-state index in [0.717, 1.165) is 54.9 Å². The molecule has 1 aromatic heterocycles. The maximum Gasteiger partial charge on any atom is 0.302 e. The number of carbonyl (C=O) groups excluding carboxylic acids is 1. The Labute approximate surface area is 200 Å². The van der Waals surface area contributed by atoms with Gasteiger partial charge in [-0.25, -0.2) is 0 Å². The number of amides is 1. The van der Waals surface area contributed by atoms with Gasteiger partial charge in [0.1, 0.15) is 0 Å². The van der Waals surface area contributed by atoms with E-state index in [-0.39, 0.29) is 5.91 Å². The van der Waals surface area contributed by atoms with Gasteiger partial charge in [0.05, 0.1) is 23.3 Å². The summed E-state index contributed by atoms with van der Waals surface area (Å²) in [6, 6.07) is 27.2. The molecule has 4 aromatic rings. The van der Waals surface area contributed by atoms with Crippen LogP contribution < -0.4 is 10.1 Å². The average molecular weight is 455 g/mol. The number of aromatic nitrogens is 2. The van der Waals surface area contributed by atoms with Gasteiger partial charge in [-0.05, 0) is 73.8 Å². The van der Waals surface area contributed by atoms with Crippen molar-refractivity contribution in [2.24, 2.45) is 5.92 Å². The Kier molecular flexibility index (Phi) is 6.58. The molecule has 1 aliphatic heterocycles. The standard InChI is InChI=1S/C28H30N4O2/c1-21(33)29-24-9-7-8-23(18-24)19-31-16-14-22(15-17-31)20-34-28-30-26-12-5-6-13-27(26)32(28)25-10-3-2-4-11-25/h2-13,18,22H,14-17,19-20H2,1H3,(H,29,33). The second kappa shape index (κ2) is 10.1. The zero-order valence-corrected chi connectivity index (χ0v) is 19.5. The second-order valence-electron chi connectivity index (χ2n) is 8.97. The van der Waals surface area contributed by atoms with Gasteiger partial charge in [-0.15, -0.1) is 0 Å². The summed E-state index contributed by atoms with van der Waals surface area (Å²) < 4.78 is 8.42. The number of rotatable bonds is 7. The number of anilines is 1. The first-order valence-corrected chi connectivity index (χ1v) is 11.9. The van der Waals surface area contributed by atoms with E-state index in [1.54, 1.807) is 0 Å². The third-order valence-electron chi connectivity index (χ3n) is 6.35. The minimum atomic E-state index is -0.0428. The molecule has 1 fully saturated rings. The molecule has 2 heterocycles. The van der Waals surface area contributed by atoms with Crippen LogP contribution in [0, 0.1) is 5.92 Å². The van der Waals surface area contributed by atoms with Crippen molar-refractivity contribution >= 4 is 22.6 Å². The van der Waals surface area contributed by atoms with E-state index >= 15 is 0 Å². The lowest BCUT2D eigenvalue weighted by Gasteiger charge is -2.31. The van der Waals surface area contributed by atoms with Gasteiger partial charge >= 0.3 is 6.01 Å². The van der Waals surface area contributed by atoms with E-state index in [9.17, 15) is 4.79 Å². The third-order valence-corrected chi connectivity index (χ3v) is 6.35. The third kappa shape index (κ3) is 5.13. The molecule has 174 valence electrons. The SMILES string of the molecule is CC(=O)Nc1cccc(CN2CCC(COc3nc4ccccc4n3-c3ccccc3)CC2)c1. The maximum absolute atomic E-state index is 11.3. The van der Waals surface area contributed by atoms with E-state index in [1.807, 2.05) is 48.5 Å². The normalized spacial score (nSPS) is 14.9. The highest BCUT2D eigenvalue weighted by molar-refractivity contribution is 5.88. The monoisotopic (exact) mass is 454 g/mol. The predicted octanol–water partition coefficient (Wildman–Crippen LogP) is 5.27. The Hall–Kier alpha value is -3.64. The van der Waals surface area contributed by atoms with Crippen LogP contribution in [-0.4, -0.2) is 40.1 Å². The summed E-state index contributed by atoms with van der Waals surface area (Å²) in [5.41, 5.74) is 5.13. The lowest BCUT2D eigenvalue weighted by Crippen LogP contribution is -2.35. The molecule has 0 unspecified atom stereocenters. The van der Waals surface area contributed by atoms with E-state index < -0.39 is 0 Å². The Morgan fingerprint density at radius 2 is 1.76 bits per heavy atom. The number of carbonyl (C=O) groups is 1. The van der Waals surface area contributed by atoms with Crippen LogP contribution in [-0.2, 0) is 11.3 Å². The van der Waals surface area contributed by atoms with Crippen LogP contribution in [0.1, 0.15) is 25.3 Å². The fraction of sp³-hybridized carbons (Fsp3) is 0.286. The average Bonchev–Trinajstić information content (AvgIpc) is 3.22. The number of hydrogen-bond acceptors (Lipinski definition) is 4. The van der Waals surface area contributed by atoms with Gasteiger partial charge in [0, 0.05) is 19.2 Å². The molecule has 0 bridgehead atoms. The minimum Gasteiger partial charge on any atom is -0.464 e. The Bertz CT molecular complexity index is 1260. The number of likely N-dealkylation sites (tertiary alicyclic amines) is 1. The van der Waals surface area contributed by atoms with Gasteiger partial charge < -0.3 is 10.1 Å². The van der Waals surface area contributed by atoms with Crippen LogP contribution in [0.3, 0.4) is 0 Å². The molecule has 5 rings (SSSR count). The summed E-state index contributed by atoms with van der Waals surface area (Å²) in [4.78, 5) is 18.6. The molecular formula is C28H30N4O2. The van der Waals surface area contributed by atoms with E-state index in [1.165, 1.54) is 12.5 Å². The summed E-state index contributed by atoms with van der Waals surface area (Å²) in [6.07, 6.45) is 2.19. The molecular weight excluding hydrogens is 424 g/mol. The van der Waals surface area contributed by atoms with Gasteiger partial charge in [-0.3, -0.25) is 14.3 Å². The highest BCUT2D eigenvalue weighted by Gasteiger charge is 2.21. The number of hydrogen-bond donors (Lipinski definition) is 1. The molecule has 34 heavy (non-hydrogen) atoms. The van der Waals surface area contributed by atoms with Crippen molar-refractivity contribution in [1.29, 1.82) is 0 Å². The van der Waals surface area contributed by atoms with Gasteiger partial charge in [-0.2, -0.15) is 4.98 Å².